The fourth-order valence-electron chi connectivity index (χ4n) is 3.22. The first kappa shape index (κ1) is 22.8. The van der Waals surface area contributed by atoms with E-state index < -0.39 is 0 Å². The van der Waals surface area contributed by atoms with Gasteiger partial charge in [0.1, 0.15) is 5.82 Å². The van der Waals surface area contributed by atoms with Crippen LogP contribution in [0.5, 0.6) is 11.5 Å². The Labute approximate surface area is 186 Å². The van der Waals surface area contributed by atoms with Crippen molar-refractivity contribution in [3.8, 4) is 11.5 Å². The molecule has 166 valence electrons. The summed E-state index contributed by atoms with van der Waals surface area (Å²) in [5.74, 6) is 0.339. The Bertz CT molecular complexity index is 1080. The first-order chi connectivity index (χ1) is 15.5. The lowest BCUT2D eigenvalue weighted by Crippen LogP contribution is -2.27. The van der Waals surface area contributed by atoms with E-state index in [1.165, 1.54) is 12.1 Å². The number of para-hydroxylation sites is 1. The first-order valence-electron chi connectivity index (χ1n) is 10.1. The van der Waals surface area contributed by atoms with Crippen molar-refractivity contribution in [3.05, 3.63) is 89.2 Å². The van der Waals surface area contributed by atoms with Crippen LogP contribution in [0.1, 0.15) is 21.5 Å². The number of methoxy groups -OCH3 is 2. The number of hydrogen-bond donors (Lipinski definition) is 2. The Morgan fingerprint density at radius 3 is 2.28 bits per heavy atom. The quantitative estimate of drug-likeness (QED) is 0.532. The molecule has 3 rings (SSSR count). The molecule has 7 heteroatoms. The van der Waals surface area contributed by atoms with E-state index in [-0.39, 0.29) is 24.1 Å². The lowest BCUT2D eigenvalue weighted by atomic mass is 10.1. The average molecular weight is 436 g/mol. The zero-order valence-corrected chi connectivity index (χ0v) is 18.0. The summed E-state index contributed by atoms with van der Waals surface area (Å²) in [5, 5.41) is 5.65. The largest absolute Gasteiger partial charge is 0.493 e. The highest BCUT2D eigenvalue weighted by Crippen LogP contribution is 2.27. The molecule has 0 fully saturated rings. The maximum absolute atomic E-state index is 13.0. The van der Waals surface area contributed by atoms with E-state index in [4.69, 9.17) is 9.47 Å². The molecule has 0 aliphatic carbocycles. The Hall–Kier alpha value is -3.87. The Balaban J connectivity index is 1.59. The second-order valence-corrected chi connectivity index (χ2v) is 7.09. The van der Waals surface area contributed by atoms with Crippen LogP contribution in [0.4, 0.5) is 10.1 Å². The molecule has 0 bridgehead atoms. The van der Waals surface area contributed by atoms with Crippen molar-refractivity contribution in [1.82, 2.24) is 5.32 Å². The zero-order chi connectivity index (χ0) is 22.9. The van der Waals surface area contributed by atoms with Crippen molar-refractivity contribution < 1.29 is 23.5 Å². The highest BCUT2D eigenvalue weighted by Gasteiger charge is 2.13. The van der Waals surface area contributed by atoms with E-state index in [0.29, 0.717) is 41.3 Å². The summed E-state index contributed by atoms with van der Waals surface area (Å²) in [6, 6.07) is 18.1. The van der Waals surface area contributed by atoms with Gasteiger partial charge in [0.25, 0.3) is 5.91 Å². The van der Waals surface area contributed by atoms with Gasteiger partial charge in [0.05, 0.1) is 31.9 Å². The number of ether oxygens (including phenoxy) is 2. The van der Waals surface area contributed by atoms with Crippen LogP contribution in [-0.4, -0.2) is 32.6 Å². The fourth-order valence-corrected chi connectivity index (χ4v) is 3.22. The van der Waals surface area contributed by atoms with Crippen molar-refractivity contribution in [2.75, 3.05) is 26.1 Å². The summed E-state index contributed by atoms with van der Waals surface area (Å²) in [5.41, 5.74) is 2.46. The number of carbonyl (C=O) groups excluding carboxylic acids is 2. The van der Waals surface area contributed by atoms with Gasteiger partial charge < -0.3 is 20.1 Å². The van der Waals surface area contributed by atoms with Crippen molar-refractivity contribution in [1.29, 1.82) is 0 Å². The molecular formula is C25H25FN2O4. The standard InChI is InChI=1S/C25H25FN2O4/c1-31-22-12-9-18(15-23(22)32-2)13-14-27-25(30)20-5-3-4-6-21(20)28-24(29)16-17-7-10-19(26)11-8-17/h3-12,15H,13-14,16H2,1-2H3,(H,27,30)(H,28,29). The minimum atomic E-state index is -0.357. The topological polar surface area (TPSA) is 76.7 Å². The number of benzene rings is 3. The molecule has 3 aromatic rings. The molecule has 3 aromatic carbocycles. The van der Waals surface area contributed by atoms with Gasteiger partial charge in [0.15, 0.2) is 11.5 Å². The predicted octanol–water partition coefficient (Wildman–Crippen LogP) is 4.00. The molecule has 0 spiro atoms. The van der Waals surface area contributed by atoms with E-state index in [2.05, 4.69) is 10.6 Å². The van der Waals surface area contributed by atoms with Crippen LogP contribution < -0.4 is 20.1 Å². The molecule has 2 amide bonds. The van der Waals surface area contributed by atoms with Crippen LogP contribution in [0, 0.1) is 5.82 Å². The summed E-state index contributed by atoms with van der Waals surface area (Å²) in [6.45, 7) is 0.409. The summed E-state index contributed by atoms with van der Waals surface area (Å²) < 4.78 is 23.6. The molecule has 0 atom stereocenters. The van der Waals surface area contributed by atoms with E-state index in [1.54, 1.807) is 50.6 Å². The molecule has 2 N–H and O–H groups in total. The molecule has 0 aromatic heterocycles. The van der Waals surface area contributed by atoms with E-state index in [9.17, 15) is 14.0 Å². The van der Waals surface area contributed by atoms with Gasteiger partial charge in [0.2, 0.25) is 5.91 Å². The molecule has 0 aliphatic rings. The van der Waals surface area contributed by atoms with Gasteiger partial charge in [0, 0.05) is 6.54 Å². The fraction of sp³-hybridized carbons (Fsp3) is 0.200. The highest BCUT2D eigenvalue weighted by molar-refractivity contribution is 6.04. The van der Waals surface area contributed by atoms with E-state index in [0.717, 1.165) is 5.56 Å². The minimum absolute atomic E-state index is 0.0789. The van der Waals surface area contributed by atoms with Crippen LogP contribution >= 0.6 is 0 Å². The van der Waals surface area contributed by atoms with Crippen LogP contribution in [-0.2, 0) is 17.6 Å². The number of rotatable bonds is 9. The number of anilines is 1. The van der Waals surface area contributed by atoms with Crippen molar-refractivity contribution in [3.63, 3.8) is 0 Å². The number of hydrogen-bond acceptors (Lipinski definition) is 4. The van der Waals surface area contributed by atoms with Gasteiger partial charge in [-0.15, -0.1) is 0 Å². The summed E-state index contributed by atoms with van der Waals surface area (Å²) in [7, 11) is 3.15. The van der Waals surface area contributed by atoms with Crippen molar-refractivity contribution in [2.24, 2.45) is 0 Å². The van der Waals surface area contributed by atoms with Crippen LogP contribution in [0.15, 0.2) is 66.7 Å². The third-order valence-electron chi connectivity index (χ3n) is 4.87. The Morgan fingerprint density at radius 2 is 1.56 bits per heavy atom. The second-order valence-electron chi connectivity index (χ2n) is 7.09. The second kappa shape index (κ2) is 10.9. The Morgan fingerprint density at radius 1 is 0.875 bits per heavy atom. The van der Waals surface area contributed by atoms with Gasteiger partial charge in [-0.3, -0.25) is 9.59 Å². The van der Waals surface area contributed by atoms with Gasteiger partial charge in [-0.2, -0.15) is 0 Å². The van der Waals surface area contributed by atoms with Crippen molar-refractivity contribution >= 4 is 17.5 Å². The van der Waals surface area contributed by atoms with Gasteiger partial charge >= 0.3 is 0 Å². The average Bonchev–Trinajstić information content (AvgIpc) is 2.80. The molecule has 32 heavy (non-hydrogen) atoms. The molecular weight excluding hydrogens is 411 g/mol. The lowest BCUT2D eigenvalue weighted by Gasteiger charge is -2.12. The van der Waals surface area contributed by atoms with Gasteiger partial charge in [-0.25, -0.2) is 4.39 Å². The molecule has 0 aliphatic heterocycles. The third kappa shape index (κ3) is 6.07. The summed E-state index contributed by atoms with van der Waals surface area (Å²) in [6.07, 6.45) is 0.681. The smallest absolute Gasteiger partial charge is 0.253 e. The Kier molecular flexibility index (Phi) is 7.80. The molecule has 0 saturated heterocycles. The molecule has 0 saturated carbocycles. The molecule has 0 heterocycles. The van der Waals surface area contributed by atoms with Crippen LogP contribution in [0.3, 0.4) is 0 Å². The first-order valence-corrected chi connectivity index (χ1v) is 10.1. The normalized spacial score (nSPS) is 10.3. The molecule has 0 unspecified atom stereocenters. The van der Waals surface area contributed by atoms with Crippen LogP contribution in [0.2, 0.25) is 0 Å². The minimum Gasteiger partial charge on any atom is -0.493 e. The molecule has 0 radical (unpaired) electrons. The number of carbonyl (C=O) groups is 2. The maximum atomic E-state index is 13.0. The number of nitrogens with one attached hydrogen (secondary N) is 2. The number of amides is 2. The predicted molar refractivity (Wildman–Crippen MR) is 121 cm³/mol. The van der Waals surface area contributed by atoms with Gasteiger partial charge in [-0.05, 0) is 53.9 Å². The highest BCUT2D eigenvalue weighted by atomic mass is 19.1. The molecule has 6 nitrogen and oxygen atoms in total. The van der Waals surface area contributed by atoms with E-state index >= 15 is 0 Å². The SMILES string of the molecule is COc1ccc(CCNC(=O)c2ccccc2NC(=O)Cc2ccc(F)cc2)cc1OC. The lowest BCUT2D eigenvalue weighted by molar-refractivity contribution is -0.115. The summed E-state index contributed by atoms with van der Waals surface area (Å²) in [4.78, 5) is 25.1. The van der Waals surface area contributed by atoms with Gasteiger partial charge in [-0.1, -0.05) is 30.3 Å². The van der Waals surface area contributed by atoms with E-state index in [1.807, 2.05) is 18.2 Å². The van der Waals surface area contributed by atoms with Crippen LogP contribution in [0.25, 0.3) is 0 Å². The number of halogens is 1. The summed E-state index contributed by atoms with van der Waals surface area (Å²) >= 11 is 0. The third-order valence-corrected chi connectivity index (χ3v) is 4.87. The van der Waals surface area contributed by atoms with Crippen molar-refractivity contribution in [2.45, 2.75) is 12.8 Å². The monoisotopic (exact) mass is 436 g/mol. The maximum Gasteiger partial charge on any atom is 0.253 e. The zero-order valence-electron chi connectivity index (χ0n) is 18.0.